The second-order valence-electron chi connectivity index (χ2n) is 3.44. The standard InChI is InChI=1S/C11H9F5O3/c1-18-10(17)6-2-7(11(14,15)16)4-8(3-6)19-5-9(12)13/h2-4,9H,5H2,1H3. The highest BCUT2D eigenvalue weighted by Gasteiger charge is 2.32. The molecule has 1 aromatic rings. The van der Waals surface area contributed by atoms with E-state index in [-0.39, 0.29) is 0 Å². The summed E-state index contributed by atoms with van der Waals surface area (Å²) in [5, 5.41) is 0. The highest BCUT2D eigenvalue weighted by atomic mass is 19.4. The summed E-state index contributed by atoms with van der Waals surface area (Å²) in [6.07, 6.45) is -7.57. The van der Waals surface area contributed by atoms with Crippen LogP contribution in [0.4, 0.5) is 22.0 Å². The van der Waals surface area contributed by atoms with Crippen molar-refractivity contribution < 1.29 is 36.2 Å². The molecule has 0 saturated carbocycles. The van der Waals surface area contributed by atoms with Crippen LogP contribution in [0, 0.1) is 0 Å². The predicted octanol–water partition coefficient (Wildman–Crippen LogP) is 3.14. The lowest BCUT2D eigenvalue weighted by molar-refractivity contribution is -0.137. The SMILES string of the molecule is COC(=O)c1cc(OCC(F)F)cc(C(F)(F)F)c1. The molecule has 0 saturated heterocycles. The molecule has 0 atom stereocenters. The van der Waals surface area contributed by atoms with E-state index in [0.717, 1.165) is 13.2 Å². The monoisotopic (exact) mass is 284 g/mol. The van der Waals surface area contributed by atoms with Gasteiger partial charge in [-0.15, -0.1) is 0 Å². The van der Waals surface area contributed by atoms with Crippen molar-refractivity contribution in [2.24, 2.45) is 0 Å². The summed E-state index contributed by atoms with van der Waals surface area (Å²) in [6.45, 7) is -1.07. The van der Waals surface area contributed by atoms with E-state index in [2.05, 4.69) is 9.47 Å². The van der Waals surface area contributed by atoms with Gasteiger partial charge in [0.1, 0.15) is 12.4 Å². The Hall–Kier alpha value is -1.86. The van der Waals surface area contributed by atoms with Crippen molar-refractivity contribution in [2.75, 3.05) is 13.7 Å². The number of hydrogen-bond acceptors (Lipinski definition) is 3. The Morgan fingerprint density at radius 2 is 1.89 bits per heavy atom. The molecule has 0 fully saturated rings. The molecule has 0 spiro atoms. The van der Waals surface area contributed by atoms with E-state index in [1.54, 1.807) is 0 Å². The topological polar surface area (TPSA) is 35.5 Å². The lowest BCUT2D eigenvalue weighted by Crippen LogP contribution is -2.12. The number of carbonyl (C=O) groups is 1. The Bertz CT molecular complexity index is 456. The molecule has 0 unspecified atom stereocenters. The Morgan fingerprint density at radius 1 is 1.26 bits per heavy atom. The minimum atomic E-state index is -4.73. The molecule has 0 amide bonds. The maximum atomic E-state index is 12.6. The van der Waals surface area contributed by atoms with Crippen molar-refractivity contribution in [2.45, 2.75) is 12.6 Å². The van der Waals surface area contributed by atoms with Crippen molar-refractivity contribution >= 4 is 5.97 Å². The quantitative estimate of drug-likeness (QED) is 0.629. The normalized spacial score (nSPS) is 11.5. The van der Waals surface area contributed by atoms with Crippen molar-refractivity contribution in [1.29, 1.82) is 0 Å². The lowest BCUT2D eigenvalue weighted by Gasteiger charge is -2.12. The lowest BCUT2D eigenvalue weighted by atomic mass is 10.1. The van der Waals surface area contributed by atoms with Crippen LogP contribution in [0.5, 0.6) is 5.75 Å². The number of halogens is 5. The molecule has 3 nitrogen and oxygen atoms in total. The summed E-state index contributed by atoms with van der Waals surface area (Å²) in [4.78, 5) is 11.2. The van der Waals surface area contributed by atoms with Crippen LogP contribution in [0.25, 0.3) is 0 Å². The molecule has 0 aromatic heterocycles. The summed E-state index contributed by atoms with van der Waals surface area (Å²) in [5.41, 5.74) is -1.61. The number of esters is 1. The number of carbonyl (C=O) groups excluding carboxylic acids is 1. The minimum Gasteiger partial charge on any atom is -0.488 e. The van der Waals surface area contributed by atoms with Gasteiger partial charge in [0, 0.05) is 0 Å². The van der Waals surface area contributed by atoms with Crippen molar-refractivity contribution in [1.82, 2.24) is 0 Å². The zero-order valence-corrected chi connectivity index (χ0v) is 9.63. The molecule has 1 rings (SSSR count). The molecule has 1 aromatic carbocycles. The van der Waals surface area contributed by atoms with E-state index >= 15 is 0 Å². The van der Waals surface area contributed by atoms with Crippen LogP contribution in [0.2, 0.25) is 0 Å². The Kier molecular flexibility index (Phi) is 4.68. The van der Waals surface area contributed by atoms with E-state index in [0.29, 0.717) is 12.1 Å². The zero-order valence-electron chi connectivity index (χ0n) is 9.63. The number of ether oxygens (including phenoxy) is 2. The highest BCUT2D eigenvalue weighted by molar-refractivity contribution is 5.90. The molecule has 0 aliphatic carbocycles. The molecule has 8 heteroatoms. The molecular formula is C11H9F5O3. The van der Waals surface area contributed by atoms with Gasteiger partial charge < -0.3 is 9.47 Å². The van der Waals surface area contributed by atoms with Crippen LogP contribution in [-0.4, -0.2) is 26.1 Å². The van der Waals surface area contributed by atoms with E-state index in [9.17, 15) is 26.7 Å². The van der Waals surface area contributed by atoms with Gasteiger partial charge in [0.25, 0.3) is 6.43 Å². The molecule has 0 bridgehead atoms. The number of hydrogen-bond donors (Lipinski definition) is 0. The van der Waals surface area contributed by atoms with Gasteiger partial charge in [-0.25, -0.2) is 13.6 Å². The third-order valence-corrected chi connectivity index (χ3v) is 2.03. The van der Waals surface area contributed by atoms with Crippen LogP contribution in [-0.2, 0) is 10.9 Å². The minimum absolute atomic E-state index is 0.429. The van der Waals surface area contributed by atoms with Crippen molar-refractivity contribution in [3.8, 4) is 5.75 Å². The molecule has 0 N–H and O–H groups in total. The Morgan fingerprint density at radius 3 is 2.37 bits per heavy atom. The fraction of sp³-hybridized carbons (Fsp3) is 0.364. The van der Waals surface area contributed by atoms with Crippen LogP contribution < -0.4 is 4.74 Å². The van der Waals surface area contributed by atoms with Gasteiger partial charge in [0.05, 0.1) is 18.2 Å². The Balaban J connectivity index is 3.13. The largest absolute Gasteiger partial charge is 0.488 e. The highest BCUT2D eigenvalue weighted by Crippen LogP contribution is 2.33. The summed E-state index contributed by atoms with van der Waals surface area (Å²) < 4.78 is 70.3. The fourth-order valence-corrected chi connectivity index (χ4v) is 1.24. The van der Waals surface area contributed by atoms with Gasteiger partial charge in [-0.1, -0.05) is 0 Å². The van der Waals surface area contributed by atoms with E-state index in [1.807, 2.05) is 0 Å². The first-order valence-corrected chi connectivity index (χ1v) is 4.95. The fourth-order valence-electron chi connectivity index (χ4n) is 1.24. The second-order valence-corrected chi connectivity index (χ2v) is 3.44. The molecule has 0 aliphatic heterocycles. The first-order chi connectivity index (χ1) is 8.74. The van der Waals surface area contributed by atoms with Gasteiger partial charge in [0.2, 0.25) is 0 Å². The molecule has 0 aliphatic rings. The van der Waals surface area contributed by atoms with Crippen molar-refractivity contribution in [3.05, 3.63) is 29.3 Å². The Labute approximate surface area is 104 Å². The van der Waals surface area contributed by atoms with E-state index in [4.69, 9.17) is 0 Å². The smallest absolute Gasteiger partial charge is 0.416 e. The molecule has 0 heterocycles. The number of rotatable bonds is 4. The van der Waals surface area contributed by atoms with Crippen LogP contribution in [0.15, 0.2) is 18.2 Å². The molecule has 0 radical (unpaired) electrons. The third-order valence-electron chi connectivity index (χ3n) is 2.03. The summed E-state index contributed by atoms with van der Waals surface area (Å²) in [6, 6.07) is 2.00. The number of methoxy groups -OCH3 is 1. The van der Waals surface area contributed by atoms with Crippen LogP contribution >= 0.6 is 0 Å². The van der Waals surface area contributed by atoms with Crippen LogP contribution in [0.1, 0.15) is 15.9 Å². The average Bonchev–Trinajstić information content (AvgIpc) is 2.34. The molecule has 19 heavy (non-hydrogen) atoms. The van der Waals surface area contributed by atoms with Crippen molar-refractivity contribution in [3.63, 3.8) is 0 Å². The van der Waals surface area contributed by atoms with Gasteiger partial charge >= 0.3 is 12.1 Å². The summed E-state index contributed by atoms with van der Waals surface area (Å²) >= 11 is 0. The second kappa shape index (κ2) is 5.85. The van der Waals surface area contributed by atoms with Gasteiger partial charge in [0.15, 0.2) is 0 Å². The zero-order chi connectivity index (χ0) is 14.6. The number of alkyl halides is 5. The third kappa shape index (κ3) is 4.38. The maximum Gasteiger partial charge on any atom is 0.416 e. The summed E-state index contributed by atoms with van der Waals surface area (Å²) in [7, 11) is 0.988. The van der Waals surface area contributed by atoms with E-state index in [1.165, 1.54) is 0 Å². The maximum absolute atomic E-state index is 12.6. The van der Waals surface area contributed by atoms with Crippen LogP contribution in [0.3, 0.4) is 0 Å². The number of benzene rings is 1. The first kappa shape index (κ1) is 15.2. The van der Waals surface area contributed by atoms with Gasteiger partial charge in [-0.2, -0.15) is 13.2 Å². The van der Waals surface area contributed by atoms with E-state index < -0.39 is 42.1 Å². The summed E-state index contributed by atoms with van der Waals surface area (Å²) in [5.74, 6) is -1.50. The van der Waals surface area contributed by atoms with Gasteiger partial charge in [-0.05, 0) is 18.2 Å². The van der Waals surface area contributed by atoms with Gasteiger partial charge in [-0.3, -0.25) is 0 Å². The first-order valence-electron chi connectivity index (χ1n) is 4.95. The molecular weight excluding hydrogens is 275 g/mol. The average molecular weight is 284 g/mol. The molecule has 106 valence electrons. The predicted molar refractivity (Wildman–Crippen MR) is 54.3 cm³/mol.